The number of nitrogens with two attached hydrogens (primary N) is 1. The molecule has 0 bridgehead atoms. The summed E-state index contributed by atoms with van der Waals surface area (Å²) >= 11 is 0. The van der Waals surface area contributed by atoms with Gasteiger partial charge < -0.3 is 15.8 Å². The van der Waals surface area contributed by atoms with E-state index in [0.29, 0.717) is 23.3 Å². The van der Waals surface area contributed by atoms with Gasteiger partial charge in [0.2, 0.25) is 11.8 Å². The Morgan fingerprint density at radius 3 is 2.73 bits per heavy atom. The Morgan fingerprint density at radius 1 is 0.900 bits per heavy atom. The van der Waals surface area contributed by atoms with Crippen LogP contribution in [0.3, 0.4) is 0 Å². The predicted octanol–water partition coefficient (Wildman–Crippen LogP) is 4.33. The Balaban J connectivity index is 1.38. The molecule has 0 fully saturated rings. The normalized spacial score (nSPS) is 10.8. The van der Waals surface area contributed by atoms with Gasteiger partial charge in [0, 0.05) is 35.2 Å². The Bertz CT molecular complexity index is 1320. The third-order valence-electron chi connectivity index (χ3n) is 4.40. The fourth-order valence-corrected chi connectivity index (χ4v) is 3.06. The summed E-state index contributed by atoms with van der Waals surface area (Å²) in [6, 6.07) is 20.5. The number of hydrogen-bond acceptors (Lipinski definition) is 7. The van der Waals surface area contributed by atoms with E-state index in [4.69, 9.17) is 10.5 Å². The zero-order valence-electron chi connectivity index (χ0n) is 15.8. The van der Waals surface area contributed by atoms with Gasteiger partial charge in [-0.3, -0.25) is 0 Å². The minimum Gasteiger partial charge on any atom is -0.439 e. The summed E-state index contributed by atoms with van der Waals surface area (Å²) in [6.07, 6.45) is 5.16. The van der Waals surface area contributed by atoms with Gasteiger partial charge in [0.25, 0.3) is 0 Å². The molecule has 5 aromatic rings. The lowest BCUT2D eigenvalue weighted by Gasteiger charge is -2.08. The van der Waals surface area contributed by atoms with Crippen molar-refractivity contribution in [1.29, 1.82) is 0 Å². The molecule has 0 spiro atoms. The van der Waals surface area contributed by atoms with Crippen LogP contribution in [-0.4, -0.2) is 24.7 Å². The third kappa shape index (κ3) is 3.61. The fourth-order valence-electron chi connectivity index (χ4n) is 3.06. The predicted molar refractivity (Wildman–Crippen MR) is 115 cm³/mol. The van der Waals surface area contributed by atoms with Crippen LogP contribution in [0.4, 0.5) is 17.3 Å². The Labute approximate surface area is 172 Å². The summed E-state index contributed by atoms with van der Waals surface area (Å²) in [4.78, 5) is 13.0. The van der Waals surface area contributed by atoms with Crippen molar-refractivity contribution >= 4 is 28.2 Å². The molecule has 8 heteroatoms. The fraction of sp³-hybridized carbons (Fsp3) is 0. The minimum absolute atomic E-state index is 0.419. The van der Waals surface area contributed by atoms with E-state index < -0.39 is 0 Å². The van der Waals surface area contributed by atoms with Crippen molar-refractivity contribution in [3.63, 3.8) is 0 Å². The second-order valence-corrected chi connectivity index (χ2v) is 6.54. The summed E-state index contributed by atoms with van der Waals surface area (Å²) in [5.41, 5.74) is 8.21. The Morgan fingerprint density at radius 2 is 1.87 bits per heavy atom. The Hall–Kier alpha value is -4.46. The molecule has 0 aliphatic heterocycles. The van der Waals surface area contributed by atoms with Crippen LogP contribution < -0.4 is 15.8 Å². The summed E-state index contributed by atoms with van der Waals surface area (Å²) in [6.45, 7) is 0. The lowest BCUT2D eigenvalue weighted by molar-refractivity contribution is 0.463. The number of benzene rings is 2. The molecule has 0 unspecified atom stereocenters. The molecular weight excluding hydrogens is 378 g/mol. The highest BCUT2D eigenvalue weighted by atomic mass is 16.5. The van der Waals surface area contributed by atoms with Crippen molar-refractivity contribution in [2.24, 2.45) is 0 Å². The maximum atomic E-state index is 5.94. The molecular formula is C22H17N7O. The minimum atomic E-state index is 0.419. The van der Waals surface area contributed by atoms with Crippen LogP contribution in [0, 0.1) is 0 Å². The van der Waals surface area contributed by atoms with Crippen LogP contribution in [0.15, 0.2) is 85.3 Å². The summed E-state index contributed by atoms with van der Waals surface area (Å²) in [5.74, 6) is 2.25. The lowest BCUT2D eigenvalue weighted by Crippen LogP contribution is -1.99. The standard InChI is InChI=1S/C22H17N7O/c23-16-4-3-5-17(13-16)27-22-25-11-9-21(28-22)30-18-7-8-19-15(12-18)14-26-29(19)20-6-1-2-10-24-20/h1-14H,23H2,(H,25,27,28). The molecule has 30 heavy (non-hydrogen) atoms. The van der Waals surface area contributed by atoms with Crippen molar-refractivity contribution in [2.75, 3.05) is 11.1 Å². The molecule has 0 aliphatic carbocycles. The highest BCUT2D eigenvalue weighted by Crippen LogP contribution is 2.26. The Kier molecular flexibility index (Phi) is 4.41. The lowest BCUT2D eigenvalue weighted by atomic mass is 10.2. The highest BCUT2D eigenvalue weighted by Gasteiger charge is 2.08. The van der Waals surface area contributed by atoms with E-state index in [1.807, 2.05) is 60.7 Å². The highest BCUT2D eigenvalue weighted by molar-refractivity contribution is 5.81. The van der Waals surface area contributed by atoms with Crippen molar-refractivity contribution in [3.05, 3.63) is 85.3 Å². The van der Waals surface area contributed by atoms with Crippen LogP contribution in [0.5, 0.6) is 11.6 Å². The molecule has 5 rings (SSSR count). The first-order valence-corrected chi connectivity index (χ1v) is 9.27. The quantitative estimate of drug-likeness (QED) is 0.427. The van der Waals surface area contributed by atoms with Gasteiger partial charge >= 0.3 is 0 Å². The first-order chi connectivity index (χ1) is 14.7. The molecule has 3 heterocycles. The third-order valence-corrected chi connectivity index (χ3v) is 4.40. The van der Waals surface area contributed by atoms with Crippen molar-refractivity contribution in [3.8, 4) is 17.4 Å². The van der Waals surface area contributed by atoms with Crippen LogP contribution in [0.2, 0.25) is 0 Å². The first kappa shape index (κ1) is 17.6. The molecule has 2 aromatic carbocycles. The SMILES string of the molecule is Nc1cccc(Nc2nccc(Oc3ccc4c(cnn4-c4ccccn4)c3)n2)c1. The molecule has 0 amide bonds. The molecule has 0 aliphatic rings. The molecule has 0 radical (unpaired) electrons. The zero-order chi connectivity index (χ0) is 20.3. The number of aromatic nitrogens is 5. The smallest absolute Gasteiger partial charge is 0.230 e. The van der Waals surface area contributed by atoms with E-state index in [0.717, 1.165) is 22.4 Å². The van der Waals surface area contributed by atoms with Gasteiger partial charge in [0.15, 0.2) is 5.82 Å². The van der Waals surface area contributed by atoms with E-state index in [9.17, 15) is 0 Å². The molecule has 3 aromatic heterocycles. The van der Waals surface area contributed by atoms with Gasteiger partial charge in [-0.1, -0.05) is 12.1 Å². The molecule has 0 saturated carbocycles. The maximum Gasteiger partial charge on any atom is 0.230 e. The van der Waals surface area contributed by atoms with Gasteiger partial charge in [-0.15, -0.1) is 0 Å². The van der Waals surface area contributed by atoms with Crippen LogP contribution >= 0.6 is 0 Å². The van der Waals surface area contributed by atoms with Gasteiger partial charge in [0.05, 0.1) is 11.7 Å². The van der Waals surface area contributed by atoms with E-state index in [1.165, 1.54) is 0 Å². The number of pyridine rings is 1. The van der Waals surface area contributed by atoms with Crippen molar-refractivity contribution < 1.29 is 4.74 Å². The summed E-state index contributed by atoms with van der Waals surface area (Å²) in [7, 11) is 0. The zero-order valence-corrected chi connectivity index (χ0v) is 15.8. The molecule has 3 N–H and O–H groups in total. The van der Waals surface area contributed by atoms with Crippen LogP contribution in [0.25, 0.3) is 16.7 Å². The molecule has 0 saturated heterocycles. The molecule has 0 atom stereocenters. The number of nitrogens with one attached hydrogen (secondary N) is 1. The van der Waals surface area contributed by atoms with Crippen LogP contribution in [-0.2, 0) is 0 Å². The second kappa shape index (κ2) is 7.51. The van der Waals surface area contributed by atoms with Crippen LogP contribution in [0.1, 0.15) is 0 Å². The van der Waals surface area contributed by atoms with Gasteiger partial charge in [-0.05, 0) is 48.5 Å². The average Bonchev–Trinajstić information content (AvgIpc) is 3.18. The topological polar surface area (TPSA) is 104 Å². The van der Waals surface area contributed by atoms with E-state index >= 15 is 0 Å². The molecule has 146 valence electrons. The maximum absolute atomic E-state index is 5.94. The summed E-state index contributed by atoms with van der Waals surface area (Å²) < 4.78 is 7.72. The number of fused-ring (bicyclic) bond motifs is 1. The average molecular weight is 395 g/mol. The first-order valence-electron chi connectivity index (χ1n) is 9.27. The number of hydrogen-bond donors (Lipinski definition) is 2. The van der Waals surface area contributed by atoms with Gasteiger partial charge in [-0.2, -0.15) is 10.1 Å². The monoisotopic (exact) mass is 395 g/mol. The number of nitrogen functional groups attached to an aromatic ring is 1. The number of ether oxygens (including phenoxy) is 1. The van der Waals surface area contributed by atoms with E-state index in [2.05, 4.69) is 25.4 Å². The number of nitrogens with zero attached hydrogens (tertiary/aromatic N) is 5. The van der Waals surface area contributed by atoms with E-state index in [-0.39, 0.29) is 0 Å². The second-order valence-electron chi connectivity index (χ2n) is 6.54. The van der Waals surface area contributed by atoms with Crippen molar-refractivity contribution in [2.45, 2.75) is 0 Å². The van der Waals surface area contributed by atoms with E-state index in [1.54, 1.807) is 29.3 Å². The number of rotatable bonds is 5. The largest absolute Gasteiger partial charge is 0.439 e. The molecule has 8 nitrogen and oxygen atoms in total. The van der Waals surface area contributed by atoms with Crippen molar-refractivity contribution in [1.82, 2.24) is 24.7 Å². The number of anilines is 3. The van der Waals surface area contributed by atoms with Gasteiger partial charge in [0.1, 0.15) is 5.75 Å². The summed E-state index contributed by atoms with van der Waals surface area (Å²) in [5, 5.41) is 8.49. The van der Waals surface area contributed by atoms with Gasteiger partial charge in [-0.25, -0.2) is 14.6 Å².